The Morgan fingerprint density at radius 3 is 1.85 bits per heavy atom. The van der Waals surface area contributed by atoms with Crippen molar-refractivity contribution in [2.75, 3.05) is 6.61 Å². The fourth-order valence-corrected chi connectivity index (χ4v) is 6.30. The minimum Gasteiger partial charge on any atom is -0.463 e. The van der Waals surface area contributed by atoms with Crippen LogP contribution >= 0.6 is 0 Å². The molecule has 0 amide bonds. The molecule has 0 rings (SSSR count). The van der Waals surface area contributed by atoms with Crippen molar-refractivity contribution in [3.63, 3.8) is 0 Å². The third kappa shape index (κ3) is 15.2. The van der Waals surface area contributed by atoms with E-state index in [0.717, 1.165) is 24.0 Å². The Kier molecular flexibility index (Phi) is 15.5. The van der Waals surface area contributed by atoms with Crippen molar-refractivity contribution in [1.82, 2.24) is 0 Å². The average Bonchev–Trinajstić information content (AvgIpc) is 2.74. The summed E-state index contributed by atoms with van der Waals surface area (Å²) in [5.41, 5.74) is 3.32. The van der Waals surface area contributed by atoms with Crippen LogP contribution in [0.25, 0.3) is 0 Å². The number of allylic oxidation sites excluding steroid dienone is 8. The van der Waals surface area contributed by atoms with Crippen molar-refractivity contribution in [3.05, 3.63) is 59.3 Å². The van der Waals surface area contributed by atoms with E-state index in [0.29, 0.717) is 6.61 Å². The topological polar surface area (TPSA) is 44.8 Å². The molecule has 0 aliphatic rings. The Hall–Kier alpha value is -1.48. The monoisotopic (exact) mass is 576 g/mol. The summed E-state index contributed by atoms with van der Waals surface area (Å²) in [5, 5.41) is 0.349. The van der Waals surface area contributed by atoms with Crippen molar-refractivity contribution in [3.8, 4) is 0 Å². The minimum atomic E-state index is -1.92. The van der Waals surface area contributed by atoms with Gasteiger partial charge in [-0.2, -0.15) is 0 Å². The zero-order chi connectivity index (χ0) is 30.7. The molecule has 0 aromatic rings. The van der Waals surface area contributed by atoms with E-state index < -0.39 is 16.6 Å². The highest BCUT2D eigenvalue weighted by molar-refractivity contribution is 6.74. The van der Waals surface area contributed by atoms with Gasteiger partial charge in [-0.05, 0) is 83.7 Å². The number of hydrogen-bond donors (Lipinski definition) is 0. The summed E-state index contributed by atoms with van der Waals surface area (Å²) in [6.45, 7) is 33.7. The van der Waals surface area contributed by atoms with Gasteiger partial charge in [-0.3, -0.25) is 0 Å². The lowest BCUT2D eigenvalue weighted by Crippen LogP contribution is -2.46. The lowest BCUT2D eigenvalue weighted by atomic mass is 10.1. The maximum Gasteiger partial charge on any atom is 0.330 e. The van der Waals surface area contributed by atoms with Gasteiger partial charge in [0.1, 0.15) is 0 Å². The standard InChI is InChI=1S/C33H60O4Si2/c1-16-35-31(34)23-21-28(4)24-27(3)19-17-18-26(2)20-22-30(37-39(14,15)33(9,10)11)25-29(5)36-38(12,13)32(6,7)8/h17-21,23-24,29-30H,16,22,25H2,1-15H3. The van der Waals surface area contributed by atoms with Crippen LogP contribution < -0.4 is 0 Å². The predicted molar refractivity (Wildman–Crippen MR) is 175 cm³/mol. The first kappa shape index (κ1) is 37.5. The molecule has 0 saturated carbocycles. The van der Waals surface area contributed by atoms with Crippen molar-refractivity contribution in [1.29, 1.82) is 0 Å². The first-order valence-corrected chi connectivity index (χ1v) is 20.3. The van der Waals surface area contributed by atoms with Crippen molar-refractivity contribution >= 4 is 22.6 Å². The summed E-state index contributed by atoms with van der Waals surface area (Å²) in [4.78, 5) is 11.5. The summed E-state index contributed by atoms with van der Waals surface area (Å²) in [6.07, 6.45) is 15.9. The quantitative estimate of drug-likeness (QED) is 0.0893. The number of esters is 1. The van der Waals surface area contributed by atoms with Crippen molar-refractivity contribution in [2.24, 2.45) is 0 Å². The van der Waals surface area contributed by atoms with Gasteiger partial charge in [-0.15, -0.1) is 0 Å². The van der Waals surface area contributed by atoms with Crippen LogP contribution in [0.5, 0.6) is 0 Å². The fourth-order valence-electron chi connectivity index (χ4n) is 3.47. The highest BCUT2D eigenvalue weighted by Gasteiger charge is 2.41. The molecule has 0 radical (unpaired) electrons. The van der Waals surface area contributed by atoms with Crippen LogP contribution in [0.3, 0.4) is 0 Å². The lowest BCUT2D eigenvalue weighted by Gasteiger charge is -2.42. The van der Waals surface area contributed by atoms with Gasteiger partial charge in [0.05, 0.1) is 12.7 Å². The smallest absolute Gasteiger partial charge is 0.330 e. The SMILES string of the molecule is CCOC(=O)C=CC(C)=CC(C)=CC=CC(C)=CCC(CC(C)O[Si](C)(C)C(C)(C)C)O[Si](C)(C)C(C)(C)C. The molecule has 2 atom stereocenters. The van der Waals surface area contributed by atoms with E-state index in [2.05, 4.69) is 113 Å². The fraction of sp³-hybridized carbons (Fsp3) is 0.667. The second-order valence-corrected chi connectivity index (χ2v) is 23.4. The van der Waals surface area contributed by atoms with Gasteiger partial charge >= 0.3 is 5.97 Å². The van der Waals surface area contributed by atoms with Crippen LogP contribution in [0, 0.1) is 0 Å². The van der Waals surface area contributed by atoms with Crippen LogP contribution in [0.2, 0.25) is 36.3 Å². The van der Waals surface area contributed by atoms with Crippen LogP contribution in [0.15, 0.2) is 59.3 Å². The lowest BCUT2D eigenvalue weighted by molar-refractivity contribution is -0.137. The van der Waals surface area contributed by atoms with Crippen LogP contribution in [-0.4, -0.2) is 41.4 Å². The Bertz CT molecular complexity index is 922. The molecular weight excluding hydrogens is 517 g/mol. The molecular formula is C33H60O4Si2. The highest BCUT2D eigenvalue weighted by Crippen LogP contribution is 2.40. The molecule has 224 valence electrons. The van der Waals surface area contributed by atoms with E-state index >= 15 is 0 Å². The molecule has 0 N–H and O–H groups in total. The second-order valence-electron chi connectivity index (χ2n) is 13.9. The second kappa shape index (κ2) is 16.1. The van der Waals surface area contributed by atoms with Crippen molar-refractivity contribution < 1.29 is 18.4 Å². The molecule has 0 spiro atoms. The number of carbonyl (C=O) groups is 1. The van der Waals surface area contributed by atoms with E-state index in [9.17, 15) is 4.79 Å². The summed E-state index contributed by atoms with van der Waals surface area (Å²) < 4.78 is 18.5. The van der Waals surface area contributed by atoms with Gasteiger partial charge in [-0.1, -0.05) is 94.7 Å². The zero-order valence-electron chi connectivity index (χ0n) is 28.0. The van der Waals surface area contributed by atoms with Gasteiger partial charge in [-0.25, -0.2) is 4.79 Å². The van der Waals surface area contributed by atoms with E-state index in [1.807, 2.05) is 13.0 Å². The number of hydrogen-bond acceptors (Lipinski definition) is 4. The summed E-state index contributed by atoms with van der Waals surface area (Å²) in [7, 11) is -3.76. The molecule has 4 nitrogen and oxygen atoms in total. The third-order valence-corrected chi connectivity index (χ3v) is 16.9. The molecule has 39 heavy (non-hydrogen) atoms. The van der Waals surface area contributed by atoms with Crippen LogP contribution in [0.1, 0.15) is 89.0 Å². The van der Waals surface area contributed by atoms with Crippen LogP contribution in [-0.2, 0) is 18.4 Å². The molecule has 0 aromatic heterocycles. The molecule has 0 heterocycles. The maximum atomic E-state index is 11.5. The highest BCUT2D eigenvalue weighted by atomic mass is 28.4. The number of rotatable bonds is 14. The van der Waals surface area contributed by atoms with Gasteiger partial charge in [0, 0.05) is 12.2 Å². The summed E-state index contributed by atoms with van der Waals surface area (Å²) in [6, 6.07) is 0. The van der Waals surface area contributed by atoms with Gasteiger partial charge < -0.3 is 13.6 Å². The zero-order valence-corrected chi connectivity index (χ0v) is 30.0. The van der Waals surface area contributed by atoms with E-state index in [-0.39, 0.29) is 28.3 Å². The predicted octanol–water partition coefficient (Wildman–Crippen LogP) is 10.1. The summed E-state index contributed by atoms with van der Waals surface area (Å²) >= 11 is 0. The van der Waals surface area contributed by atoms with E-state index in [4.69, 9.17) is 13.6 Å². The molecule has 2 unspecified atom stereocenters. The first-order chi connectivity index (χ1) is 17.6. The Morgan fingerprint density at radius 2 is 1.33 bits per heavy atom. The Balaban J connectivity index is 5.53. The molecule has 0 fully saturated rings. The van der Waals surface area contributed by atoms with Crippen LogP contribution in [0.4, 0.5) is 0 Å². The van der Waals surface area contributed by atoms with Crippen molar-refractivity contribution in [2.45, 2.75) is 137 Å². The molecule has 0 saturated heterocycles. The number of ether oxygens (including phenoxy) is 1. The normalized spacial score (nSPS) is 16.7. The maximum absolute atomic E-state index is 11.5. The number of carbonyl (C=O) groups excluding carboxylic acids is 1. The van der Waals surface area contributed by atoms with Gasteiger partial charge in [0.2, 0.25) is 0 Å². The Morgan fingerprint density at radius 1 is 0.795 bits per heavy atom. The van der Waals surface area contributed by atoms with Gasteiger partial charge in [0.25, 0.3) is 0 Å². The van der Waals surface area contributed by atoms with E-state index in [1.165, 1.54) is 11.6 Å². The molecule has 0 aliphatic carbocycles. The largest absolute Gasteiger partial charge is 0.463 e. The first-order valence-electron chi connectivity index (χ1n) is 14.5. The Labute approximate surface area is 243 Å². The molecule has 6 heteroatoms. The van der Waals surface area contributed by atoms with E-state index in [1.54, 1.807) is 13.0 Å². The molecule has 0 aliphatic heterocycles. The average molecular weight is 577 g/mol. The van der Waals surface area contributed by atoms with Gasteiger partial charge in [0.15, 0.2) is 16.6 Å². The third-order valence-electron chi connectivity index (χ3n) is 7.81. The molecule has 0 bridgehead atoms. The minimum absolute atomic E-state index is 0.128. The molecule has 0 aromatic carbocycles. The summed E-state index contributed by atoms with van der Waals surface area (Å²) in [5.74, 6) is -0.315.